The number of carbonyl (C=O) groups is 1. The van der Waals surface area contributed by atoms with Crippen molar-refractivity contribution >= 4 is 17.7 Å². The number of rotatable bonds is 10. The zero-order valence-corrected chi connectivity index (χ0v) is 11.4. The van der Waals surface area contributed by atoms with Crippen molar-refractivity contribution < 1.29 is 4.79 Å². The van der Waals surface area contributed by atoms with Crippen LogP contribution in [0.4, 0.5) is 0 Å². The van der Waals surface area contributed by atoms with Crippen LogP contribution in [-0.2, 0) is 4.79 Å². The number of unbranched alkanes of at least 4 members (excludes halogenated alkanes) is 3. The highest BCUT2D eigenvalue weighted by Gasteiger charge is 2.08. The Kier molecular flexibility index (Phi) is 11.1. The Morgan fingerprint density at radius 1 is 1.31 bits per heavy atom. The molecule has 0 aromatic heterocycles. The molecule has 0 saturated carbocycles. The molecule has 4 heteroatoms. The molecule has 0 aliphatic rings. The molecule has 0 rings (SSSR count). The number of hydrogen-bond acceptors (Lipinski definition) is 3. The summed E-state index contributed by atoms with van der Waals surface area (Å²) in [5, 5.41) is 3.07. The number of hydrogen-bond donors (Lipinski definition) is 2. The van der Waals surface area contributed by atoms with Gasteiger partial charge in [-0.2, -0.15) is 11.8 Å². The van der Waals surface area contributed by atoms with E-state index >= 15 is 0 Å². The fraction of sp³-hybridized carbons (Fsp3) is 0.917. The van der Waals surface area contributed by atoms with Crippen molar-refractivity contribution in [1.82, 2.24) is 5.32 Å². The first-order chi connectivity index (χ1) is 7.74. The summed E-state index contributed by atoms with van der Waals surface area (Å²) >= 11 is 1.78. The third kappa shape index (κ3) is 9.04. The third-order valence-corrected chi connectivity index (χ3v) is 3.32. The normalized spacial score (nSPS) is 12.4. The van der Waals surface area contributed by atoms with E-state index in [0.29, 0.717) is 12.5 Å². The van der Waals surface area contributed by atoms with Crippen LogP contribution >= 0.6 is 11.8 Å². The molecule has 3 N–H and O–H groups in total. The summed E-state index contributed by atoms with van der Waals surface area (Å²) in [6.45, 7) is 2.88. The number of thioether (sulfide) groups is 1. The van der Waals surface area contributed by atoms with Crippen molar-refractivity contribution in [1.29, 1.82) is 0 Å². The van der Waals surface area contributed by atoms with Crippen LogP contribution < -0.4 is 11.1 Å². The summed E-state index contributed by atoms with van der Waals surface area (Å²) in [7, 11) is 0. The smallest absolute Gasteiger partial charge is 0.220 e. The number of nitrogens with one attached hydrogen (secondary N) is 1. The summed E-state index contributed by atoms with van der Waals surface area (Å²) < 4.78 is 0. The molecule has 0 radical (unpaired) electrons. The van der Waals surface area contributed by atoms with Crippen LogP contribution in [0, 0.1) is 0 Å². The molecule has 96 valence electrons. The maximum atomic E-state index is 11.6. The fourth-order valence-corrected chi connectivity index (χ4v) is 2.27. The highest BCUT2D eigenvalue weighted by Crippen LogP contribution is 2.04. The lowest BCUT2D eigenvalue weighted by Gasteiger charge is -2.15. The summed E-state index contributed by atoms with van der Waals surface area (Å²) in [4.78, 5) is 11.6. The molecule has 1 unspecified atom stereocenters. The SMILES string of the molecule is CCC(CSC)NC(=O)CCCCCCN. The van der Waals surface area contributed by atoms with Gasteiger partial charge in [-0.25, -0.2) is 0 Å². The summed E-state index contributed by atoms with van der Waals surface area (Å²) in [6, 6.07) is 0.339. The van der Waals surface area contributed by atoms with Crippen LogP contribution in [0.15, 0.2) is 0 Å². The van der Waals surface area contributed by atoms with Crippen LogP contribution in [0.1, 0.15) is 45.4 Å². The van der Waals surface area contributed by atoms with Crippen molar-refractivity contribution in [3.05, 3.63) is 0 Å². The van der Waals surface area contributed by atoms with E-state index in [1.165, 1.54) is 0 Å². The predicted octanol–water partition coefficient (Wildman–Crippen LogP) is 2.15. The Balaban J connectivity index is 3.48. The Bertz CT molecular complexity index is 176. The van der Waals surface area contributed by atoms with Gasteiger partial charge in [0, 0.05) is 18.2 Å². The molecule has 3 nitrogen and oxygen atoms in total. The molecule has 0 spiro atoms. The van der Waals surface area contributed by atoms with Crippen molar-refractivity contribution in [2.45, 2.75) is 51.5 Å². The van der Waals surface area contributed by atoms with Crippen molar-refractivity contribution in [3.8, 4) is 0 Å². The molecule has 16 heavy (non-hydrogen) atoms. The first kappa shape index (κ1) is 15.8. The molecule has 0 heterocycles. The highest BCUT2D eigenvalue weighted by atomic mass is 32.2. The fourth-order valence-electron chi connectivity index (χ4n) is 1.55. The third-order valence-electron chi connectivity index (χ3n) is 2.58. The van der Waals surface area contributed by atoms with Gasteiger partial charge in [-0.05, 0) is 32.1 Å². The molecular weight excluding hydrogens is 220 g/mol. The predicted molar refractivity (Wildman–Crippen MR) is 72.7 cm³/mol. The van der Waals surface area contributed by atoms with E-state index in [9.17, 15) is 4.79 Å². The van der Waals surface area contributed by atoms with Crippen molar-refractivity contribution in [3.63, 3.8) is 0 Å². The first-order valence-electron chi connectivity index (χ1n) is 6.23. The minimum atomic E-state index is 0.202. The van der Waals surface area contributed by atoms with Crippen LogP contribution in [0.3, 0.4) is 0 Å². The lowest BCUT2D eigenvalue weighted by atomic mass is 10.1. The summed E-state index contributed by atoms with van der Waals surface area (Å²) in [5.41, 5.74) is 5.41. The monoisotopic (exact) mass is 246 g/mol. The maximum absolute atomic E-state index is 11.6. The molecular formula is C12H26N2OS. The van der Waals surface area contributed by atoms with Gasteiger partial charge in [0.15, 0.2) is 0 Å². The lowest BCUT2D eigenvalue weighted by Crippen LogP contribution is -2.35. The van der Waals surface area contributed by atoms with Gasteiger partial charge in [0.25, 0.3) is 0 Å². The quantitative estimate of drug-likeness (QED) is 0.581. The van der Waals surface area contributed by atoms with Crippen LogP contribution in [0.2, 0.25) is 0 Å². The molecule has 0 aromatic carbocycles. The van der Waals surface area contributed by atoms with Crippen LogP contribution in [0.5, 0.6) is 0 Å². The first-order valence-corrected chi connectivity index (χ1v) is 7.62. The zero-order valence-electron chi connectivity index (χ0n) is 10.6. The molecule has 0 fully saturated rings. The standard InChI is InChI=1S/C12H26N2OS/c1-3-11(10-16-2)14-12(15)8-6-4-5-7-9-13/h11H,3-10,13H2,1-2H3,(H,14,15). The number of amides is 1. The second-order valence-corrected chi connectivity index (χ2v) is 4.99. The molecule has 0 aliphatic carbocycles. The van der Waals surface area contributed by atoms with E-state index in [0.717, 1.165) is 44.4 Å². The van der Waals surface area contributed by atoms with E-state index in [1.807, 2.05) is 0 Å². The van der Waals surface area contributed by atoms with Gasteiger partial charge >= 0.3 is 0 Å². The van der Waals surface area contributed by atoms with Gasteiger partial charge in [-0.15, -0.1) is 0 Å². The Hall–Kier alpha value is -0.220. The average Bonchev–Trinajstić information content (AvgIpc) is 2.28. The average molecular weight is 246 g/mol. The second-order valence-electron chi connectivity index (χ2n) is 4.08. The van der Waals surface area contributed by atoms with Gasteiger partial charge in [0.2, 0.25) is 5.91 Å². The Morgan fingerprint density at radius 3 is 2.56 bits per heavy atom. The van der Waals surface area contributed by atoms with E-state index in [1.54, 1.807) is 11.8 Å². The van der Waals surface area contributed by atoms with Crippen molar-refractivity contribution in [2.75, 3.05) is 18.6 Å². The molecule has 1 amide bonds. The molecule has 1 atom stereocenters. The molecule has 0 saturated heterocycles. The van der Waals surface area contributed by atoms with Gasteiger partial charge < -0.3 is 11.1 Å². The maximum Gasteiger partial charge on any atom is 0.220 e. The van der Waals surface area contributed by atoms with Gasteiger partial charge in [-0.3, -0.25) is 4.79 Å². The van der Waals surface area contributed by atoms with E-state index < -0.39 is 0 Å². The second kappa shape index (κ2) is 11.3. The van der Waals surface area contributed by atoms with E-state index in [2.05, 4.69) is 18.5 Å². The highest BCUT2D eigenvalue weighted by molar-refractivity contribution is 7.98. The van der Waals surface area contributed by atoms with Gasteiger partial charge in [0.05, 0.1) is 0 Å². The van der Waals surface area contributed by atoms with Gasteiger partial charge in [0.1, 0.15) is 0 Å². The minimum absolute atomic E-state index is 0.202. The Labute approximate surface area is 104 Å². The van der Waals surface area contributed by atoms with E-state index in [4.69, 9.17) is 5.73 Å². The number of carbonyl (C=O) groups excluding carboxylic acids is 1. The van der Waals surface area contributed by atoms with E-state index in [-0.39, 0.29) is 5.91 Å². The molecule has 0 aromatic rings. The largest absolute Gasteiger partial charge is 0.353 e. The van der Waals surface area contributed by atoms with Crippen molar-refractivity contribution in [2.24, 2.45) is 5.73 Å². The summed E-state index contributed by atoms with van der Waals surface area (Å²) in [5.74, 6) is 1.21. The van der Waals surface area contributed by atoms with Crippen LogP contribution in [-0.4, -0.2) is 30.5 Å². The minimum Gasteiger partial charge on any atom is -0.353 e. The van der Waals surface area contributed by atoms with Crippen LogP contribution in [0.25, 0.3) is 0 Å². The molecule has 0 aliphatic heterocycles. The topological polar surface area (TPSA) is 55.1 Å². The molecule has 0 bridgehead atoms. The zero-order chi connectivity index (χ0) is 12.2. The number of nitrogens with two attached hydrogens (primary N) is 1. The van der Waals surface area contributed by atoms with Gasteiger partial charge in [-0.1, -0.05) is 19.8 Å². The lowest BCUT2D eigenvalue weighted by molar-refractivity contribution is -0.121. The Morgan fingerprint density at radius 2 is 2.00 bits per heavy atom. The summed E-state index contributed by atoms with van der Waals surface area (Å²) in [6.07, 6.45) is 8.07.